The zero-order valence-corrected chi connectivity index (χ0v) is 14.5. The molecular formula is C20H26N2O2. The van der Waals surface area contributed by atoms with Gasteiger partial charge in [0.25, 0.3) is 0 Å². The summed E-state index contributed by atoms with van der Waals surface area (Å²) in [5, 5.41) is 3.28. The van der Waals surface area contributed by atoms with Crippen LogP contribution >= 0.6 is 0 Å². The molecule has 0 unspecified atom stereocenters. The van der Waals surface area contributed by atoms with Gasteiger partial charge in [-0.2, -0.15) is 0 Å². The Balaban J connectivity index is 1.78. The number of rotatable bonds is 9. The molecule has 0 spiro atoms. The monoisotopic (exact) mass is 326 g/mol. The molecule has 0 aliphatic rings. The van der Waals surface area contributed by atoms with Crippen LogP contribution in [0, 0.1) is 0 Å². The first-order valence-electron chi connectivity index (χ1n) is 8.51. The third-order valence-electron chi connectivity index (χ3n) is 3.78. The number of carbonyl (C=O) groups is 1. The van der Waals surface area contributed by atoms with Crippen LogP contribution in [0.25, 0.3) is 0 Å². The molecule has 24 heavy (non-hydrogen) atoms. The molecule has 4 nitrogen and oxygen atoms in total. The quantitative estimate of drug-likeness (QED) is 0.759. The van der Waals surface area contributed by atoms with Crippen LogP contribution in [0.3, 0.4) is 0 Å². The van der Waals surface area contributed by atoms with Crippen LogP contribution in [-0.2, 0) is 11.3 Å². The molecule has 0 bridgehead atoms. The standard InChI is InChI=1S/C20H26N2O2/c1-3-22(16-17-8-6-5-7-9-17)20(23)14-15-21-18-10-12-19(13-11-18)24-4-2/h5-13,21H,3-4,14-16H2,1-2H3. The van der Waals surface area contributed by atoms with Gasteiger partial charge in [-0.3, -0.25) is 4.79 Å². The number of ether oxygens (including phenoxy) is 1. The lowest BCUT2D eigenvalue weighted by Crippen LogP contribution is -2.31. The molecule has 0 fully saturated rings. The van der Waals surface area contributed by atoms with Gasteiger partial charge < -0.3 is 15.0 Å². The van der Waals surface area contributed by atoms with Gasteiger partial charge in [0.1, 0.15) is 5.75 Å². The van der Waals surface area contributed by atoms with E-state index in [1.165, 1.54) is 0 Å². The molecule has 0 saturated carbocycles. The van der Waals surface area contributed by atoms with Gasteiger partial charge in [0, 0.05) is 31.7 Å². The second kappa shape index (κ2) is 9.60. The topological polar surface area (TPSA) is 41.6 Å². The van der Waals surface area contributed by atoms with Crippen molar-refractivity contribution in [1.82, 2.24) is 4.90 Å². The summed E-state index contributed by atoms with van der Waals surface area (Å²) in [6, 6.07) is 17.9. The van der Waals surface area contributed by atoms with Crippen molar-refractivity contribution >= 4 is 11.6 Å². The van der Waals surface area contributed by atoms with Gasteiger partial charge in [-0.25, -0.2) is 0 Å². The second-order valence-electron chi connectivity index (χ2n) is 5.53. The Morgan fingerprint density at radius 3 is 2.38 bits per heavy atom. The summed E-state index contributed by atoms with van der Waals surface area (Å²) in [4.78, 5) is 14.3. The molecule has 0 atom stereocenters. The van der Waals surface area contributed by atoms with Crippen LogP contribution in [0.2, 0.25) is 0 Å². The highest BCUT2D eigenvalue weighted by Crippen LogP contribution is 2.15. The van der Waals surface area contributed by atoms with Gasteiger partial charge in [0.05, 0.1) is 6.61 Å². The fourth-order valence-electron chi connectivity index (χ4n) is 2.49. The number of nitrogens with one attached hydrogen (secondary N) is 1. The van der Waals surface area contributed by atoms with Crippen LogP contribution in [0.5, 0.6) is 5.75 Å². The Kier molecular flexibility index (Phi) is 7.15. The average molecular weight is 326 g/mol. The van der Waals surface area contributed by atoms with Crippen LogP contribution in [0.4, 0.5) is 5.69 Å². The Morgan fingerprint density at radius 2 is 1.75 bits per heavy atom. The molecule has 0 aromatic heterocycles. The Labute approximate surface area is 144 Å². The molecule has 2 aromatic rings. The van der Waals surface area contributed by atoms with Gasteiger partial charge in [-0.1, -0.05) is 30.3 Å². The van der Waals surface area contributed by atoms with Crippen molar-refractivity contribution in [3.8, 4) is 5.75 Å². The number of carbonyl (C=O) groups excluding carboxylic acids is 1. The molecule has 4 heteroatoms. The number of nitrogens with zero attached hydrogens (tertiary/aromatic N) is 1. The van der Waals surface area contributed by atoms with Crippen molar-refractivity contribution in [3.63, 3.8) is 0 Å². The molecule has 2 rings (SSSR count). The van der Waals surface area contributed by atoms with E-state index in [2.05, 4.69) is 5.32 Å². The largest absolute Gasteiger partial charge is 0.494 e. The third-order valence-corrected chi connectivity index (χ3v) is 3.78. The second-order valence-corrected chi connectivity index (χ2v) is 5.53. The predicted molar refractivity (Wildman–Crippen MR) is 98.3 cm³/mol. The number of hydrogen-bond acceptors (Lipinski definition) is 3. The first-order valence-corrected chi connectivity index (χ1v) is 8.51. The molecule has 1 N–H and O–H groups in total. The number of hydrogen-bond donors (Lipinski definition) is 1. The zero-order chi connectivity index (χ0) is 17.2. The predicted octanol–water partition coefficient (Wildman–Crippen LogP) is 3.94. The van der Waals surface area contributed by atoms with Gasteiger partial charge in [0.15, 0.2) is 0 Å². The third kappa shape index (κ3) is 5.61. The van der Waals surface area contributed by atoms with E-state index >= 15 is 0 Å². The van der Waals surface area contributed by atoms with Crippen molar-refractivity contribution in [2.75, 3.05) is 25.0 Å². The molecule has 0 radical (unpaired) electrons. The molecule has 0 aliphatic carbocycles. The van der Waals surface area contributed by atoms with Crippen LogP contribution in [-0.4, -0.2) is 30.5 Å². The minimum absolute atomic E-state index is 0.166. The summed E-state index contributed by atoms with van der Waals surface area (Å²) >= 11 is 0. The minimum atomic E-state index is 0.166. The maximum Gasteiger partial charge on any atom is 0.224 e. The van der Waals surface area contributed by atoms with Crippen LogP contribution in [0.1, 0.15) is 25.8 Å². The summed E-state index contributed by atoms with van der Waals surface area (Å²) in [5.74, 6) is 1.03. The zero-order valence-electron chi connectivity index (χ0n) is 14.5. The van der Waals surface area contributed by atoms with E-state index < -0.39 is 0 Å². The highest BCUT2D eigenvalue weighted by molar-refractivity contribution is 5.76. The van der Waals surface area contributed by atoms with Crippen molar-refractivity contribution in [2.45, 2.75) is 26.8 Å². The van der Waals surface area contributed by atoms with Gasteiger partial charge in [0.2, 0.25) is 5.91 Å². The van der Waals surface area contributed by atoms with E-state index in [0.29, 0.717) is 26.1 Å². The van der Waals surface area contributed by atoms with Crippen LogP contribution < -0.4 is 10.1 Å². The number of amides is 1. The maximum absolute atomic E-state index is 12.4. The first-order chi connectivity index (χ1) is 11.7. The average Bonchev–Trinajstić information content (AvgIpc) is 2.62. The molecule has 0 aliphatic heterocycles. The van der Waals surface area contributed by atoms with E-state index in [9.17, 15) is 4.79 Å². The minimum Gasteiger partial charge on any atom is -0.494 e. The Bertz CT molecular complexity index is 611. The number of benzene rings is 2. The maximum atomic E-state index is 12.4. The summed E-state index contributed by atoms with van der Waals surface area (Å²) in [7, 11) is 0. The molecule has 0 saturated heterocycles. The van der Waals surface area contributed by atoms with E-state index in [1.54, 1.807) is 0 Å². The van der Waals surface area contributed by atoms with E-state index in [0.717, 1.165) is 23.5 Å². The van der Waals surface area contributed by atoms with Crippen molar-refractivity contribution in [1.29, 1.82) is 0 Å². The molecule has 1 amide bonds. The fourth-order valence-corrected chi connectivity index (χ4v) is 2.49. The lowest BCUT2D eigenvalue weighted by Gasteiger charge is -2.21. The highest BCUT2D eigenvalue weighted by Gasteiger charge is 2.11. The van der Waals surface area contributed by atoms with E-state index in [1.807, 2.05) is 73.3 Å². The highest BCUT2D eigenvalue weighted by atomic mass is 16.5. The van der Waals surface area contributed by atoms with Crippen molar-refractivity contribution in [3.05, 3.63) is 60.2 Å². The van der Waals surface area contributed by atoms with E-state index in [4.69, 9.17) is 4.74 Å². The lowest BCUT2D eigenvalue weighted by molar-refractivity contribution is -0.131. The fraction of sp³-hybridized carbons (Fsp3) is 0.350. The summed E-state index contributed by atoms with van der Waals surface area (Å²) in [5.41, 5.74) is 2.16. The molecule has 2 aromatic carbocycles. The summed E-state index contributed by atoms with van der Waals surface area (Å²) in [6.45, 7) is 6.65. The molecule has 0 heterocycles. The van der Waals surface area contributed by atoms with Crippen molar-refractivity contribution in [2.24, 2.45) is 0 Å². The SMILES string of the molecule is CCOc1ccc(NCCC(=O)N(CC)Cc2ccccc2)cc1. The van der Waals surface area contributed by atoms with Gasteiger partial charge in [-0.05, 0) is 43.7 Å². The van der Waals surface area contributed by atoms with E-state index in [-0.39, 0.29) is 5.91 Å². The molecule has 128 valence electrons. The Morgan fingerprint density at radius 1 is 1.04 bits per heavy atom. The van der Waals surface area contributed by atoms with Crippen LogP contribution in [0.15, 0.2) is 54.6 Å². The lowest BCUT2D eigenvalue weighted by atomic mass is 10.2. The van der Waals surface area contributed by atoms with Gasteiger partial charge in [-0.15, -0.1) is 0 Å². The Hall–Kier alpha value is -2.49. The smallest absolute Gasteiger partial charge is 0.224 e. The summed E-state index contributed by atoms with van der Waals surface area (Å²) < 4.78 is 5.42. The van der Waals surface area contributed by atoms with Gasteiger partial charge >= 0.3 is 0 Å². The normalized spacial score (nSPS) is 10.2. The summed E-state index contributed by atoms with van der Waals surface area (Å²) in [6.07, 6.45) is 0.480. The first kappa shape index (κ1) is 17.9. The number of anilines is 1. The molecular weight excluding hydrogens is 300 g/mol. The van der Waals surface area contributed by atoms with Crippen molar-refractivity contribution < 1.29 is 9.53 Å².